The molecule has 0 fully saturated rings. The molecule has 3 heteroatoms. The second-order valence-electron chi connectivity index (χ2n) is 4.06. The first-order chi connectivity index (χ1) is 8.38. The van der Waals surface area contributed by atoms with Crippen molar-refractivity contribution in [2.24, 2.45) is 0 Å². The molecule has 1 heterocycles. The van der Waals surface area contributed by atoms with Crippen LogP contribution in [-0.4, -0.2) is 24.3 Å². The Balaban J connectivity index is 2.09. The van der Waals surface area contributed by atoms with Crippen LogP contribution in [0.2, 0.25) is 0 Å². The Bertz CT molecular complexity index is 307. The molecule has 0 spiro atoms. The topological polar surface area (TPSA) is 26.2 Å². The van der Waals surface area contributed by atoms with Crippen molar-refractivity contribution in [2.45, 2.75) is 32.9 Å². The van der Waals surface area contributed by atoms with Gasteiger partial charge in [-0.15, -0.1) is 6.58 Å². The van der Waals surface area contributed by atoms with Crippen LogP contribution in [-0.2, 0) is 17.8 Å². The lowest BCUT2D eigenvalue weighted by molar-refractivity contribution is 0.140. The van der Waals surface area contributed by atoms with Crippen molar-refractivity contribution >= 4 is 0 Å². The molecule has 96 valence electrons. The normalized spacial score (nSPS) is 10.6. The maximum absolute atomic E-state index is 5.43. The van der Waals surface area contributed by atoms with Crippen LogP contribution in [0, 0.1) is 0 Å². The first-order valence-corrected chi connectivity index (χ1v) is 6.41. The van der Waals surface area contributed by atoms with Crippen LogP contribution in [0.5, 0.6) is 0 Å². The van der Waals surface area contributed by atoms with Gasteiger partial charge in [-0.1, -0.05) is 13.0 Å². The minimum atomic E-state index is 0.766. The van der Waals surface area contributed by atoms with Gasteiger partial charge in [0, 0.05) is 31.5 Å². The summed E-state index contributed by atoms with van der Waals surface area (Å²) >= 11 is 0. The molecule has 1 aromatic heterocycles. The van der Waals surface area contributed by atoms with E-state index in [9.17, 15) is 0 Å². The van der Waals surface area contributed by atoms with E-state index in [4.69, 9.17) is 4.74 Å². The van der Waals surface area contributed by atoms with E-state index in [1.807, 2.05) is 6.08 Å². The minimum absolute atomic E-state index is 0.766. The van der Waals surface area contributed by atoms with Crippen molar-refractivity contribution in [2.75, 3.05) is 19.8 Å². The zero-order valence-corrected chi connectivity index (χ0v) is 10.8. The van der Waals surface area contributed by atoms with Gasteiger partial charge in [0.2, 0.25) is 0 Å². The fourth-order valence-corrected chi connectivity index (χ4v) is 1.70. The molecule has 0 aliphatic carbocycles. The maximum Gasteiger partial charge on any atom is 0.0591 e. The molecular formula is C14H24N2O. The van der Waals surface area contributed by atoms with Crippen LogP contribution >= 0.6 is 0 Å². The summed E-state index contributed by atoms with van der Waals surface area (Å²) in [4.78, 5) is 0. The highest BCUT2D eigenvalue weighted by molar-refractivity contribution is 5.06. The van der Waals surface area contributed by atoms with Crippen LogP contribution in [0.1, 0.15) is 25.5 Å². The second-order valence-corrected chi connectivity index (χ2v) is 4.06. The van der Waals surface area contributed by atoms with Gasteiger partial charge in [-0.05, 0) is 25.0 Å². The smallest absolute Gasteiger partial charge is 0.0591 e. The van der Waals surface area contributed by atoms with Gasteiger partial charge in [0.25, 0.3) is 0 Å². The summed E-state index contributed by atoms with van der Waals surface area (Å²) in [6.45, 7) is 10.3. The van der Waals surface area contributed by atoms with E-state index in [1.54, 1.807) is 0 Å². The van der Waals surface area contributed by atoms with Crippen molar-refractivity contribution in [3.63, 3.8) is 0 Å². The van der Waals surface area contributed by atoms with E-state index in [2.05, 4.69) is 41.7 Å². The Kier molecular flexibility index (Phi) is 7.43. The third kappa shape index (κ3) is 5.71. The maximum atomic E-state index is 5.43. The monoisotopic (exact) mass is 236 g/mol. The highest BCUT2D eigenvalue weighted by Gasteiger charge is 1.98. The number of nitrogens with zero attached hydrogens (tertiary/aromatic N) is 1. The van der Waals surface area contributed by atoms with Gasteiger partial charge in [-0.2, -0.15) is 0 Å². The molecule has 0 atom stereocenters. The molecule has 0 radical (unpaired) electrons. The SMILES string of the molecule is C=CCCOCCNCc1cccn1CCC. The van der Waals surface area contributed by atoms with Crippen molar-refractivity contribution in [3.05, 3.63) is 36.7 Å². The Labute approximate surface area is 104 Å². The van der Waals surface area contributed by atoms with Gasteiger partial charge >= 0.3 is 0 Å². The molecule has 3 nitrogen and oxygen atoms in total. The number of hydrogen-bond acceptors (Lipinski definition) is 2. The molecule has 1 N–H and O–H groups in total. The van der Waals surface area contributed by atoms with Crippen LogP contribution < -0.4 is 5.32 Å². The molecule has 17 heavy (non-hydrogen) atoms. The highest BCUT2D eigenvalue weighted by atomic mass is 16.5. The molecule has 0 aromatic carbocycles. The zero-order chi connectivity index (χ0) is 12.3. The molecule has 1 aromatic rings. The molecule has 0 unspecified atom stereocenters. The quantitative estimate of drug-likeness (QED) is 0.499. The van der Waals surface area contributed by atoms with Crippen molar-refractivity contribution in [3.8, 4) is 0 Å². The van der Waals surface area contributed by atoms with E-state index in [-0.39, 0.29) is 0 Å². The number of hydrogen-bond donors (Lipinski definition) is 1. The molecule has 0 saturated heterocycles. The number of aromatic nitrogens is 1. The first kappa shape index (κ1) is 14.0. The van der Waals surface area contributed by atoms with Crippen LogP contribution in [0.15, 0.2) is 31.0 Å². The first-order valence-electron chi connectivity index (χ1n) is 6.41. The van der Waals surface area contributed by atoms with E-state index < -0.39 is 0 Å². The van der Waals surface area contributed by atoms with E-state index in [0.717, 1.165) is 39.3 Å². The van der Waals surface area contributed by atoms with Crippen molar-refractivity contribution in [1.29, 1.82) is 0 Å². The van der Waals surface area contributed by atoms with Gasteiger partial charge in [-0.25, -0.2) is 0 Å². The molecule has 0 saturated carbocycles. The molecule has 0 bridgehead atoms. The lowest BCUT2D eigenvalue weighted by Crippen LogP contribution is -2.21. The van der Waals surface area contributed by atoms with Crippen LogP contribution in [0.25, 0.3) is 0 Å². The summed E-state index contributed by atoms with van der Waals surface area (Å²) in [7, 11) is 0. The summed E-state index contributed by atoms with van der Waals surface area (Å²) in [5, 5.41) is 3.39. The predicted octanol–water partition coefficient (Wildman–Crippen LogP) is 2.58. The molecule has 0 aliphatic heterocycles. The number of aryl methyl sites for hydroxylation is 1. The standard InChI is InChI=1S/C14H24N2O/c1-3-5-11-17-12-8-15-13-14-7-6-10-16(14)9-4-2/h3,6-7,10,15H,1,4-5,8-9,11-13H2,2H3. The molecular weight excluding hydrogens is 212 g/mol. The lowest BCUT2D eigenvalue weighted by atomic mass is 10.4. The van der Waals surface area contributed by atoms with E-state index >= 15 is 0 Å². The Morgan fingerprint density at radius 2 is 2.35 bits per heavy atom. The lowest BCUT2D eigenvalue weighted by Gasteiger charge is -2.09. The fraction of sp³-hybridized carbons (Fsp3) is 0.571. The van der Waals surface area contributed by atoms with Gasteiger partial charge < -0.3 is 14.6 Å². The van der Waals surface area contributed by atoms with Gasteiger partial charge in [0.15, 0.2) is 0 Å². The average molecular weight is 236 g/mol. The van der Waals surface area contributed by atoms with Crippen molar-refractivity contribution < 1.29 is 4.74 Å². The Morgan fingerprint density at radius 3 is 3.12 bits per heavy atom. The summed E-state index contributed by atoms with van der Waals surface area (Å²) in [6, 6.07) is 4.27. The molecule has 0 aliphatic rings. The van der Waals surface area contributed by atoms with Crippen molar-refractivity contribution in [1.82, 2.24) is 9.88 Å². The average Bonchev–Trinajstić information content (AvgIpc) is 2.76. The summed E-state index contributed by atoms with van der Waals surface area (Å²) in [6.07, 6.45) is 6.12. The van der Waals surface area contributed by atoms with Gasteiger partial charge in [0.05, 0.1) is 13.2 Å². The third-order valence-corrected chi connectivity index (χ3v) is 2.58. The van der Waals surface area contributed by atoms with Gasteiger partial charge in [0.1, 0.15) is 0 Å². The van der Waals surface area contributed by atoms with Crippen LogP contribution in [0.3, 0.4) is 0 Å². The largest absolute Gasteiger partial charge is 0.380 e. The predicted molar refractivity (Wildman–Crippen MR) is 72.1 cm³/mol. The zero-order valence-electron chi connectivity index (χ0n) is 10.8. The van der Waals surface area contributed by atoms with E-state index in [0.29, 0.717) is 0 Å². The summed E-state index contributed by atoms with van der Waals surface area (Å²) in [5.41, 5.74) is 1.35. The minimum Gasteiger partial charge on any atom is -0.380 e. The molecule has 0 amide bonds. The Morgan fingerprint density at radius 1 is 1.47 bits per heavy atom. The molecule has 1 rings (SSSR count). The van der Waals surface area contributed by atoms with Gasteiger partial charge in [-0.3, -0.25) is 0 Å². The second kappa shape index (κ2) is 9.02. The Hall–Kier alpha value is -1.06. The number of nitrogens with one attached hydrogen (secondary N) is 1. The van der Waals surface area contributed by atoms with Crippen LogP contribution in [0.4, 0.5) is 0 Å². The number of rotatable bonds is 10. The summed E-state index contributed by atoms with van der Waals surface area (Å²) in [5.74, 6) is 0. The third-order valence-electron chi connectivity index (χ3n) is 2.58. The fourth-order valence-electron chi connectivity index (χ4n) is 1.70. The number of ether oxygens (including phenoxy) is 1. The van der Waals surface area contributed by atoms with E-state index in [1.165, 1.54) is 12.1 Å². The highest BCUT2D eigenvalue weighted by Crippen LogP contribution is 2.02. The summed E-state index contributed by atoms with van der Waals surface area (Å²) < 4.78 is 7.73.